The molecule has 0 saturated heterocycles. The zero-order valence-corrected chi connectivity index (χ0v) is 11.8. The summed E-state index contributed by atoms with van der Waals surface area (Å²) in [5.74, 6) is -1.13. The van der Waals surface area contributed by atoms with Crippen LogP contribution < -0.4 is 10.2 Å². The van der Waals surface area contributed by atoms with Gasteiger partial charge in [0, 0.05) is 0 Å². The summed E-state index contributed by atoms with van der Waals surface area (Å²) < 4.78 is 27.1. The minimum absolute atomic E-state index is 0.0776. The molecule has 2 radical (unpaired) electrons. The lowest BCUT2D eigenvalue weighted by atomic mass is 9.83. The van der Waals surface area contributed by atoms with E-state index in [0.29, 0.717) is 25.7 Å². The van der Waals surface area contributed by atoms with Gasteiger partial charge >= 0.3 is 5.97 Å². The van der Waals surface area contributed by atoms with Crippen molar-refractivity contribution in [3.8, 4) is 0 Å². The van der Waals surface area contributed by atoms with Crippen LogP contribution in [0.4, 0.5) is 0 Å². The van der Waals surface area contributed by atoms with Crippen molar-refractivity contribution < 1.29 is 18.3 Å². The molecule has 1 saturated carbocycles. The maximum atomic E-state index is 12.4. The second-order valence-corrected chi connectivity index (χ2v) is 6.74. The first-order valence-electron chi connectivity index (χ1n) is 6.49. The fourth-order valence-corrected chi connectivity index (χ4v) is 4.10. The van der Waals surface area contributed by atoms with Crippen LogP contribution in [0.25, 0.3) is 0 Å². The normalized spacial score (nSPS) is 18.6. The molecule has 20 heavy (non-hydrogen) atoms. The highest BCUT2D eigenvalue weighted by Gasteiger charge is 2.43. The monoisotopic (exact) mass is 293 g/mol. The fraction of sp³-hybridized carbons (Fsp3) is 0.462. The van der Waals surface area contributed by atoms with Gasteiger partial charge in [-0.25, -0.2) is 8.42 Å². The SMILES string of the molecule is [B]c1ccccc1S(=O)(=O)NC1(C(=O)O)CCCCC1. The third kappa shape index (κ3) is 2.88. The maximum absolute atomic E-state index is 12.4. The number of carbonyl (C=O) groups is 1. The first kappa shape index (κ1) is 15.1. The molecule has 1 aromatic carbocycles. The zero-order chi connectivity index (χ0) is 14.8. The van der Waals surface area contributed by atoms with Gasteiger partial charge in [0.15, 0.2) is 0 Å². The maximum Gasteiger partial charge on any atom is 0.324 e. The van der Waals surface area contributed by atoms with Gasteiger partial charge in [0.2, 0.25) is 10.0 Å². The molecule has 106 valence electrons. The highest BCUT2D eigenvalue weighted by Crippen LogP contribution is 2.30. The Hall–Kier alpha value is -1.34. The molecule has 7 heteroatoms. The molecule has 1 aromatic rings. The number of carboxylic acids is 1. The zero-order valence-electron chi connectivity index (χ0n) is 11.0. The summed E-state index contributed by atoms with van der Waals surface area (Å²) in [6.07, 6.45) is 2.91. The van der Waals surface area contributed by atoms with Crippen molar-refractivity contribution in [3.63, 3.8) is 0 Å². The second kappa shape index (κ2) is 5.57. The van der Waals surface area contributed by atoms with E-state index in [0.717, 1.165) is 6.42 Å². The number of benzene rings is 1. The number of sulfonamides is 1. The van der Waals surface area contributed by atoms with Crippen LogP contribution >= 0.6 is 0 Å². The van der Waals surface area contributed by atoms with Crippen molar-refractivity contribution in [3.05, 3.63) is 24.3 Å². The minimum atomic E-state index is -3.95. The van der Waals surface area contributed by atoms with Crippen LogP contribution in [0.1, 0.15) is 32.1 Å². The molecule has 5 nitrogen and oxygen atoms in total. The Morgan fingerprint density at radius 1 is 1.20 bits per heavy atom. The first-order valence-corrected chi connectivity index (χ1v) is 7.98. The summed E-state index contributed by atoms with van der Waals surface area (Å²) in [5, 5.41) is 9.41. The highest BCUT2D eigenvalue weighted by molar-refractivity contribution is 7.89. The third-order valence-corrected chi connectivity index (χ3v) is 5.27. The molecule has 0 heterocycles. The Labute approximate surface area is 119 Å². The molecule has 0 aliphatic heterocycles. The van der Waals surface area contributed by atoms with Crippen LogP contribution in [0.15, 0.2) is 29.2 Å². The van der Waals surface area contributed by atoms with Crippen molar-refractivity contribution >= 4 is 29.3 Å². The van der Waals surface area contributed by atoms with Gasteiger partial charge in [0.25, 0.3) is 0 Å². The summed E-state index contributed by atoms with van der Waals surface area (Å²) in [4.78, 5) is 11.4. The Balaban J connectivity index is 2.35. The number of rotatable bonds is 4. The van der Waals surface area contributed by atoms with E-state index in [-0.39, 0.29) is 10.4 Å². The molecule has 0 spiro atoms. The van der Waals surface area contributed by atoms with Gasteiger partial charge in [-0.3, -0.25) is 4.79 Å². The van der Waals surface area contributed by atoms with E-state index in [1.807, 2.05) is 0 Å². The summed E-state index contributed by atoms with van der Waals surface area (Å²) in [7, 11) is 1.71. The molecule has 1 fully saturated rings. The van der Waals surface area contributed by atoms with Crippen LogP contribution in [0.2, 0.25) is 0 Å². The van der Waals surface area contributed by atoms with E-state index in [1.165, 1.54) is 12.1 Å². The molecular weight excluding hydrogens is 277 g/mol. The third-order valence-electron chi connectivity index (χ3n) is 3.65. The van der Waals surface area contributed by atoms with Crippen molar-refractivity contribution in [1.82, 2.24) is 4.72 Å². The quantitative estimate of drug-likeness (QED) is 0.794. The lowest BCUT2D eigenvalue weighted by Gasteiger charge is -2.33. The van der Waals surface area contributed by atoms with E-state index < -0.39 is 21.5 Å². The van der Waals surface area contributed by atoms with Gasteiger partial charge in [-0.05, 0) is 18.9 Å². The lowest BCUT2D eigenvalue weighted by molar-refractivity contribution is -0.145. The molecule has 0 unspecified atom stereocenters. The van der Waals surface area contributed by atoms with Crippen LogP contribution in [0, 0.1) is 0 Å². The van der Waals surface area contributed by atoms with Crippen LogP contribution in [-0.4, -0.2) is 32.9 Å². The van der Waals surface area contributed by atoms with E-state index in [9.17, 15) is 18.3 Å². The number of aliphatic carboxylic acids is 1. The van der Waals surface area contributed by atoms with Gasteiger partial charge in [0.1, 0.15) is 13.4 Å². The predicted octanol–water partition coefficient (Wildman–Crippen LogP) is 0.546. The summed E-state index contributed by atoms with van der Waals surface area (Å²) in [6, 6.07) is 6.03. The second-order valence-electron chi connectivity index (χ2n) is 5.09. The van der Waals surface area contributed by atoms with Crippen LogP contribution in [0.3, 0.4) is 0 Å². The van der Waals surface area contributed by atoms with Crippen molar-refractivity contribution in [2.24, 2.45) is 0 Å². The van der Waals surface area contributed by atoms with Gasteiger partial charge < -0.3 is 5.11 Å². The average Bonchev–Trinajstić information content (AvgIpc) is 2.39. The number of hydrogen-bond acceptors (Lipinski definition) is 3. The Bertz CT molecular complexity index is 609. The average molecular weight is 293 g/mol. The van der Waals surface area contributed by atoms with Crippen molar-refractivity contribution in [2.75, 3.05) is 0 Å². The van der Waals surface area contributed by atoms with Crippen LogP contribution in [0.5, 0.6) is 0 Å². The van der Waals surface area contributed by atoms with Crippen molar-refractivity contribution in [1.29, 1.82) is 0 Å². The molecule has 1 aliphatic carbocycles. The molecule has 0 aromatic heterocycles. The van der Waals surface area contributed by atoms with Gasteiger partial charge in [-0.15, -0.1) is 0 Å². The smallest absolute Gasteiger partial charge is 0.324 e. The molecule has 0 bridgehead atoms. The van der Waals surface area contributed by atoms with Crippen LogP contribution in [-0.2, 0) is 14.8 Å². The Morgan fingerprint density at radius 2 is 1.80 bits per heavy atom. The van der Waals surface area contributed by atoms with Gasteiger partial charge in [-0.2, -0.15) is 4.72 Å². The predicted molar refractivity (Wildman–Crippen MR) is 75.6 cm³/mol. The lowest BCUT2D eigenvalue weighted by Crippen LogP contribution is -2.55. The van der Waals surface area contributed by atoms with Gasteiger partial charge in [-0.1, -0.05) is 42.9 Å². The topological polar surface area (TPSA) is 83.5 Å². The number of hydrogen-bond donors (Lipinski definition) is 2. The number of carboxylic acid groups (broad SMARTS) is 1. The fourth-order valence-electron chi connectivity index (χ4n) is 2.55. The highest BCUT2D eigenvalue weighted by atomic mass is 32.2. The van der Waals surface area contributed by atoms with E-state index in [2.05, 4.69) is 4.72 Å². The van der Waals surface area contributed by atoms with Crippen molar-refractivity contribution in [2.45, 2.75) is 42.5 Å². The minimum Gasteiger partial charge on any atom is -0.480 e. The molecule has 1 aliphatic rings. The summed E-state index contributed by atoms with van der Waals surface area (Å²) in [5.41, 5.74) is -1.31. The Morgan fingerprint density at radius 3 is 2.35 bits per heavy atom. The van der Waals surface area contributed by atoms with E-state index >= 15 is 0 Å². The number of nitrogens with one attached hydrogen (secondary N) is 1. The van der Waals surface area contributed by atoms with E-state index in [4.69, 9.17) is 7.85 Å². The Kier molecular flexibility index (Phi) is 4.20. The largest absolute Gasteiger partial charge is 0.480 e. The molecule has 0 amide bonds. The molecule has 2 rings (SSSR count). The standard InChI is InChI=1S/C13H16BNO4S/c14-10-6-2-3-7-11(10)20(18,19)15-13(12(16)17)8-4-1-5-9-13/h2-3,6-7,15H,1,4-5,8-9H2,(H,16,17). The molecule has 2 N–H and O–H groups in total. The summed E-state index contributed by atoms with van der Waals surface area (Å²) in [6.45, 7) is 0. The molecule has 0 atom stereocenters. The molecular formula is C13H16BNO4S. The summed E-state index contributed by atoms with van der Waals surface area (Å²) >= 11 is 0. The first-order chi connectivity index (χ1) is 9.37. The van der Waals surface area contributed by atoms with E-state index in [1.54, 1.807) is 12.1 Å². The van der Waals surface area contributed by atoms with Gasteiger partial charge in [0.05, 0.1) is 4.90 Å².